The second-order valence-corrected chi connectivity index (χ2v) is 5.90. The third-order valence-electron chi connectivity index (χ3n) is 4.03. The molecule has 0 aliphatic carbocycles. The molecule has 0 spiro atoms. The van der Waals surface area contributed by atoms with Crippen molar-refractivity contribution in [3.8, 4) is 5.69 Å². The number of nitrogens with zero attached hydrogens (tertiary/aromatic N) is 3. The Morgan fingerprint density at radius 2 is 1.77 bits per heavy atom. The molecule has 0 fully saturated rings. The molecule has 0 saturated heterocycles. The van der Waals surface area contributed by atoms with Crippen molar-refractivity contribution in [1.29, 1.82) is 0 Å². The highest BCUT2D eigenvalue weighted by atomic mass is 16.2. The fraction of sp³-hybridized carbons (Fsp3) is 0.158. The van der Waals surface area contributed by atoms with Crippen molar-refractivity contribution in [3.63, 3.8) is 0 Å². The van der Waals surface area contributed by atoms with Gasteiger partial charge in [0.25, 0.3) is 0 Å². The molecule has 1 aromatic heterocycles. The third kappa shape index (κ3) is 3.94. The highest BCUT2D eigenvalue weighted by molar-refractivity contribution is 6.39. The van der Waals surface area contributed by atoms with E-state index in [1.54, 1.807) is 29.2 Å². The molecule has 132 valence electrons. The number of hydrogen-bond acceptors (Lipinski definition) is 4. The highest BCUT2D eigenvalue weighted by Gasteiger charge is 2.17. The van der Waals surface area contributed by atoms with E-state index in [1.165, 1.54) is 0 Å². The number of para-hydroxylation sites is 1. The van der Waals surface area contributed by atoms with E-state index >= 15 is 0 Å². The smallest absolute Gasteiger partial charge is 0.313 e. The monoisotopic (exact) mass is 349 g/mol. The minimum atomic E-state index is -0.689. The first kappa shape index (κ1) is 17.3. The van der Waals surface area contributed by atoms with E-state index < -0.39 is 11.8 Å². The molecule has 0 bridgehead atoms. The fourth-order valence-corrected chi connectivity index (χ4v) is 2.50. The quantitative estimate of drug-likeness (QED) is 0.708. The van der Waals surface area contributed by atoms with Gasteiger partial charge in [-0.1, -0.05) is 35.5 Å². The van der Waals surface area contributed by atoms with E-state index in [0.29, 0.717) is 5.69 Å². The summed E-state index contributed by atoms with van der Waals surface area (Å²) in [7, 11) is 0. The second kappa shape index (κ2) is 7.60. The number of amides is 2. The Kier molecular flexibility index (Phi) is 5.07. The summed E-state index contributed by atoms with van der Waals surface area (Å²) < 4.78 is 1.64. The number of carbonyl (C=O) groups is 2. The highest BCUT2D eigenvalue weighted by Crippen LogP contribution is 2.16. The molecule has 26 heavy (non-hydrogen) atoms. The van der Waals surface area contributed by atoms with E-state index in [0.717, 1.165) is 16.8 Å². The van der Waals surface area contributed by atoms with Crippen LogP contribution in [0, 0.1) is 6.92 Å². The van der Waals surface area contributed by atoms with E-state index in [4.69, 9.17) is 0 Å². The zero-order valence-electron chi connectivity index (χ0n) is 14.5. The van der Waals surface area contributed by atoms with Crippen molar-refractivity contribution in [3.05, 3.63) is 72.1 Å². The van der Waals surface area contributed by atoms with Gasteiger partial charge in [0.15, 0.2) is 0 Å². The molecule has 3 rings (SSSR count). The van der Waals surface area contributed by atoms with Crippen LogP contribution < -0.4 is 10.6 Å². The number of aryl methyl sites for hydroxylation is 1. The number of nitrogens with one attached hydrogen (secondary N) is 2. The molecule has 2 amide bonds. The first-order valence-electron chi connectivity index (χ1n) is 8.19. The van der Waals surface area contributed by atoms with Gasteiger partial charge in [-0.25, -0.2) is 4.68 Å². The Bertz CT molecular complexity index is 904. The summed E-state index contributed by atoms with van der Waals surface area (Å²) in [5, 5.41) is 13.0. The molecule has 3 aromatic rings. The van der Waals surface area contributed by atoms with Crippen LogP contribution in [0.4, 0.5) is 5.69 Å². The van der Waals surface area contributed by atoms with Gasteiger partial charge >= 0.3 is 11.8 Å². The van der Waals surface area contributed by atoms with Crippen molar-refractivity contribution in [2.24, 2.45) is 0 Å². The van der Waals surface area contributed by atoms with Crippen LogP contribution in [0.1, 0.15) is 24.1 Å². The topological polar surface area (TPSA) is 88.9 Å². The van der Waals surface area contributed by atoms with Gasteiger partial charge in [0.1, 0.15) is 0 Å². The fourth-order valence-electron chi connectivity index (χ4n) is 2.50. The molecule has 2 N–H and O–H groups in total. The second-order valence-electron chi connectivity index (χ2n) is 5.90. The van der Waals surface area contributed by atoms with Crippen molar-refractivity contribution in [1.82, 2.24) is 20.3 Å². The summed E-state index contributed by atoms with van der Waals surface area (Å²) in [6.45, 7) is 3.69. The lowest BCUT2D eigenvalue weighted by atomic mass is 10.1. The van der Waals surface area contributed by atoms with Crippen LogP contribution in [-0.2, 0) is 9.59 Å². The number of aromatic nitrogens is 3. The summed E-state index contributed by atoms with van der Waals surface area (Å²) in [4.78, 5) is 24.2. The van der Waals surface area contributed by atoms with Gasteiger partial charge in [-0.05, 0) is 43.2 Å². The average Bonchev–Trinajstić information content (AvgIpc) is 3.18. The van der Waals surface area contributed by atoms with Crippen molar-refractivity contribution in [2.45, 2.75) is 19.9 Å². The van der Waals surface area contributed by atoms with Crippen LogP contribution in [0.15, 0.2) is 60.9 Å². The maximum atomic E-state index is 12.2. The minimum absolute atomic E-state index is 0.310. The van der Waals surface area contributed by atoms with Crippen LogP contribution in [0.5, 0.6) is 0 Å². The Morgan fingerprint density at radius 1 is 1.04 bits per heavy atom. The van der Waals surface area contributed by atoms with E-state index in [1.807, 2.05) is 50.2 Å². The zero-order valence-corrected chi connectivity index (χ0v) is 14.5. The number of rotatable bonds is 4. The van der Waals surface area contributed by atoms with Crippen molar-refractivity contribution in [2.75, 3.05) is 5.32 Å². The molecule has 7 heteroatoms. The Hall–Kier alpha value is -3.48. The zero-order chi connectivity index (χ0) is 18.5. The SMILES string of the molecule is Cc1ccccc1NC(=O)C(=O)N[C@@H](C)c1ccc(-n2ccnn2)cc1. The van der Waals surface area contributed by atoms with Crippen LogP contribution in [-0.4, -0.2) is 26.8 Å². The van der Waals surface area contributed by atoms with Crippen molar-refractivity contribution < 1.29 is 9.59 Å². The minimum Gasteiger partial charge on any atom is -0.341 e. The van der Waals surface area contributed by atoms with Gasteiger partial charge in [0.2, 0.25) is 0 Å². The molecular weight excluding hydrogens is 330 g/mol. The number of benzene rings is 2. The average molecular weight is 349 g/mol. The van der Waals surface area contributed by atoms with Gasteiger partial charge in [-0.2, -0.15) is 0 Å². The molecule has 0 saturated carbocycles. The van der Waals surface area contributed by atoms with Crippen LogP contribution >= 0.6 is 0 Å². The largest absolute Gasteiger partial charge is 0.341 e. The maximum Gasteiger partial charge on any atom is 0.313 e. The molecule has 0 aliphatic rings. The summed E-state index contributed by atoms with van der Waals surface area (Å²) in [5.41, 5.74) is 3.26. The van der Waals surface area contributed by atoms with E-state index in [-0.39, 0.29) is 6.04 Å². The predicted octanol–water partition coefficient (Wildman–Crippen LogP) is 2.39. The Labute approximate surface area is 151 Å². The molecule has 0 unspecified atom stereocenters. The molecule has 1 heterocycles. The molecule has 2 aromatic carbocycles. The lowest BCUT2D eigenvalue weighted by Crippen LogP contribution is -2.37. The summed E-state index contributed by atoms with van der Waals surface area (Å²) in [6.07, 6.45) is 3.35. The van der Waals surface area contributed by atoms with Gasteiger partial charge in [-0.3, -0.25) is 9.59 Å². The maximum absolute atomic E-state index is 12.2. The van der Waals surface area contributed by atoms with Crippen LogP contribution in [0.25, 0.3) is 5.69 Å². The van der Waals surface area contributed by atoms with Crippen molar-refractivity contribution >= 4 is 17.5 Å². The number of anilines is 1. The normalized spacial score (nSPS) is 11.6. The Balaban J connectivity index is 1.61. The number of carbonyl (C=O) groups excluding carboxylic acids is 2. The molecule has 7 nitrogen and oxygen atoms in total. The molecular formula is C19H19N5O2. The van der Waals surface area contributed by atoms with Gasteiger partial charge in [0, 0.05) is 5.69 Å². The van der Waals surface area contributed by atoms with Crippen LogP contribution in [0.2, 0.25) is 0 Å². The first-order chi connectivity index (χ1) is 12.5. The van der Waals surface area contributed by atoms with Gasteiger partial charge < -0.3 is 10.6 Å². The summed E-state index contributed by atoms with van der Waals surface area (Å²) >= 11 is 0. The lowest BCUT2D eigenvalue weighted by Gasteiger charge is -2.15. The van der Waals surface area contributed by atoms with Gasteiger partial charge in [0.05, 0.1) is 24.1 Å². The van der Waals surface area contributed by atoms with E-state index in [2.05, 4.69) is 20.9 Å². The molecule has 0 radical (unpaired) electrons. The van der Waals surface area contributed by atoms with E-state index in [9.17, 15) is 9.59 Å². The standard InChI is InChI=1S/C19H19N5O2/c1-13-5-3-4-6-17(13)22-19(26)18(25)21-14(2)15-7-9-16(10-8-15)24-12-11-20-23-24/h3-12,14H,1-2H3,(H,21,25)(H,22,26)/t14-/m0/s1. The van der Waals surface area contributed by atoms with Crippen LogP contribution in [0.3, 0.4) is 0 Å². The van der Waals surface area contributed by atoms with Gasteiger partial charge in [-0.15, -0.1) is 5.10 Å². The lowest BCUT2D eigenvalue weighted by molar-refractivity contribution is -0.136. The molecule has 0 aliphatic heterocycles. The summed E-state index contributed by atoms with van der Waals surface area (Å²) in [6, 6.07) is 14.5. The third-order valence-corrected chi connectivity index (χ3v) is 4.03. The summed E-state index contributed by atoms with van der Waals surface area (Å²) in [5.74, 6) is -1.37. The molecule has 1 atom stereocenters. The number of hydrogen-bond donors (Lipinski definition) is 2. The first-order valence-corrected chi connectivity index (χ1v) is 8.19. The Morgan fingerprint density at radius 3 is 2.42 bits per heavy atom. The predicted molar refractivity (Wildman–Crippen MR) is 97.7 cm³/mol.